The Bertz CT molecular complexity index is 610. The minimum atomic E-state index is -1.20. The Kier molecular flexibility index (Phi) is 6.45. The van der Waals surface area contributed by atoms with E-state index in [4.69, 9.17) is 5.11 Å². The molecule has 0 aliphatic carbocycles. The van der Waals surface area contributed by atoms with Crippen molar-refractivity contribution in [2.75, 3.05) is 13.1 Å². The molecule has 1 aromatic rings. The van der Waals surface area contributed by atoms with Crippen LogP contribution in [0.2, 0.25) is 0 Å². The summed E-state index contributed by atoms with van der Waals surface area (Å²) in [6, 6.07) is 7.87. The molecule has 5 nitrogen and oxygen atoms in total. The molecule has 1 saturated heterocycles. The highest BCUT2D eigenvalue weighted by Crippen LogP contribution is 2.35. The van der Waals surface area contributed by atoms with Crippen LogP contribution < -0.4 is 4.72 Å². The van der Waals surface area contributed by atoms with Crippen molar-refractivity contribution in [2.45, 2.75) is 44.4 Å². The van der Waals surface area contributed by atoms with Gasteiger partial charge in [-0.25, -0.2) is 13.7 Å². The molecule has 2 rings (SSSR count). The fourth-order valence-electron chi connectivity index (χ4n) is 2.86. The zero-order valence-corrected chi connectivity index (χ0v) is 16.7. The molecule has 0 radical (unpaired) electrons. The minimum Gasteiger partial charge on any atom is -0.465 e. The van der Waals surface area contributed by atoms with Crippen molar-refractivity contribution in [1.82, 2.24) is 9.62 Å². The number of nitrogens with one attached hydrogen (secondary N) is 1. The number of carbonyl (C=O) groups is 1. The first-order valence-electron chi connectivity index (χ1n) is 8.10. The van der Waals surface area contributed by atoms with Gasteiger partial charge in [0.2, 0.25) is 0 Å². The largest absolute Gasteiger partial charge is 0.465 e. The predicted molar refractivity (Wildman–Crippen MR) is 100 cm³/mol. The SMILES string of the molecule is CC(C)(C)[S@](=O)N[C@@H](c1ccccc1Br)C1CCN(C(=O)O)CC1. The van der Waals surface area contributed by atoms with Crippen LogP contribution in [-0.2, 0) is 11.0 Å². The van der Waals surface area contributed by atoms with Gasteiger partial charge >= 0.3 is 6.09 Å². The Morgan fingerprint density at radius 1 is 1.33 bits per heavy atom. The summed E-state index contributed by atoms with van der Waals surface area (Å²) in [7, 11) is -1.20. The van der Waals surface area contributed by atoms with Gasteiger partial charge in [-0.15, -0.1) is 0 Å². The van der Waals surface area contributed by atoms with Crippen molar-refractivity contribution in [3.8, 4) is 0 Å². The highest BCUT2D eigenvalue weighted by Gasteiger charge is 2.33. The monoisotopic (exact) mass is 416 g/mol. The van der Waals surface area contributed by atoms with Gasteiger partial charge in [0, 0.05) is 23.6 Å². The van der Waals surface area contributed by atoms with Gasteiger partial charge in [0.15, 0.2) is 0 Å². The van der Waals surface area contributed by atoms with Crippen LogP contribution in [0, 0.1) is 5.92 Å². The molecular formula is C17H25BrN2O3S. The Balaban J connectivity index is 2.22. The maximum Gasteiger partial charge on any atom is 0.407 e. The van der Waals surface area contributed by atoms with E-state index in [1.807, 2.05) is 45.0 Å². The number of hydrogen-bond donors (Lipinski definition) is 2. The van der Waals surface area contributed by atoms with Crippen molar-refractivity contribution in [2.24, 2.45) is 5.92 Å². The van der Waals surface area contributed by atoms with Crippen LogP contribution in [0.15, 0.2) is 28.7 Å². The van der Waals surface area contributed by atoms with E-state index in [0.717, 1.165) is 22.9 Å². The molecule has 134 valence electrons. The number of piperidine rings is 1. The van der Waals surface area contributed by atoms with Crippen molar-refractivity contribution in [1.29, 1.82) is 0 Å². The summed E-state index contributed by atoms with van der Waals surface area (Å²) in [6.07, 6.45) is 0.649. The van der Waals surface area contributed by atoms with Crippen LogP contribution in [0.25, 0.3) is 0 Å². The summed E-state index contributed by atoms with van der Waals surface area (Å²) in [5.74, 6) is 0.241. The van der Waals surface area contributed by atoms with E-state index in [1.54, 1.807) is 0 Å². The normalized spacial score (nSPS) is 19.1. The maximum atomic E-state index is 12.7. The average molecular weight is 417 g/mol. The Hall–Kier alpha value is -0.920. The molecule has 0 saturated carbocycles. The summed E-state index contributed by atoms with van der Waals surface area (Å²) in [4.78, 5) is 12.6. The summed E-state index contributed by atoms with van der Waals surface area (Å²) >= 11 is 3.60. The number of likely N-dealkylation sites (tertiary alicyclic amines) is 1. The summed E-state index contributed by atoms with van der Waals surface area (Å²) < 4.78 is 16.6. The highest BCUT2D eigenvalue weighted by atomic mass is 79.9. The average Bonchev–Trinajstić information content (AvgIpc) is 2.52. The van der Waals surface area contributed by atoms with Gasteiger partial charge in [-0.05, 0) is 51.2 Å². The van der Waals surface area contributed by atoms with E-state index < -0.39 is 17.1 Å². The molecule has 0 spiro atoms. The maximum absolute atomic E-state index is 12.7. The van der Waals surface area contributed by atoms with E-state index in [2.05, 4.69) is 20.7 Å². The summed E-state index contributed by atoms with van der Waals surface area (Å²) in [6.45, 7) is 6.87. The second-order valence-corrected chi connectivity index (χ2v) is 9.96. The lowest BCUT2D eigenvalue weighted by Crippen LogP contribution is -2.44. The number of amides is 1. The smallest absolute Gasteiger partial charge is 0.407 e. The predicted octanol–water partition coefficient (Wildman–Crippen LogP) is 3.93. The number of rotatable bonds is 4. The van der Waals surface area contributed by atoms with Crippen molar-refractivity contribution in [3.63, 3.8) is 0 Å². The van der Waals surface area contributed by atoms with Crippen molar-refractivity contribution < 1.29 is 14.1 Å². The Morgan fingerprint density at radius 2 is 1.92 bits per heavy atom. The van der Waals surface area contributed by atoms with Crippen LogP contribution in [0.3, 0.4) is 0 Å². The summed E-state index contributed by atoms with van der Waals surface area (Å²) in [5.41, 5.74) is 1.07. The molecule has 0 bridgehead atoms. The van der Waals surface area contributed by atoms with Crippen LogP contribution in [0.5, 0.6) is 0 Å². The molecule has 0 unspecified atom stereocenters. The second-order valence-electron chi connectivity index (χ2n) is 7.11. The number of carboxylic acid groups (broad SMARTS) is 1. The van der Waals surface area contributed by atoms with Gasteiger partial charge < -0.3 is 10.0 Å². The van der Waals surface area contributed by atoms with E-state index in [1.165, 1.54) is 4.90 Å². The second kappa shape index (κ2) is 7.97. The van der Waals surface area contributed by atoms with E-state index in [-0.39, 0.29) is 16.7 Å². The molecule has 1 aromatic carbocycles. The Labute approximate surface area is 154 Å². The number of nitrogens with zero attached hydrogens (tertiary/aromatic N) is 1. The minimum absolute atomic E-state index is 0.0726. The van der Waals surface area contributed by atoms with Gasteiger partial charge in [-0.1, -0.05) is 34.1 Å². The van der Waals surface area contributed by atoms with Gasteiger partial charge in [-0.3, -0.25) is 0 Å². The lowest BCUT2D eigenvalue weighted by atomic mass is 9.86. The first-order chi connectivity index (χ1) is 11.2. The molecule has 24 heavy (non-hydrogen) atoms. The molecule has 1 aliphatic heterocycles. The van der Waals surface area contributed by atoms with Crippen LogP contribution in [0.1, 0.15) is 45.2 Å². The van der Waals surface area contributed by atoms with Crippen LogP contribution in [-0.4, -0.2) is 38.1 Å². The first kappa shape index (κ1) is 19.4. The van der Waals surface area contributed by atoms with Crippen molar-refractivity contribution >= 4 is 33.0 Å². The zero-order valence-electron chi connectivity index (χ0n) is 14.3. The van der Waals surface area contributed by atoms with Gasteiger partial charge in [0.25, 0.3) is 0 Å². The molecule has 1 aliphatic rings. The van der Waals surface area contributed by atoms with Gasteiger partial charge in [0.05, 0.1) is 15.7 Å². The van der Waals surface area contributed by atoms with E-state index in [0.29, 0.717) is 13.1 Å². The highest BCUT2D eigenvalue weighted by molar-refractivity contribution is 9.10. The zero-order chi connectivity index (χ0) is 17.9. The third-order valence-corrected chi connectivity index (χ3v) is 6.61. The molecule has 2 atom stereocenters. The molecule has 1 fully saturated rings. The fourth-order valence-corrected chi connectivity index (χ4v) is 4.29. The van der Waals surface area contributed by atoms with Crippen molar-refractivity contribution in [3.05, 3.63) is 34.3 Å². The lowest BCUT2D eigenvalue weighted by Gasteiger charge is -2.36. The van der Waals surface area contributed by atoms with Crippen LogP contribution in [0.4, 0.5) is 4.79 Å². The standard InChI is InChI=1S/C17H25BrN2O3S/c1-17(2,3)24(23)19-15(13-6-4-5-7-14(13)18)12-8-10-20(11-9-12)16(21)22/h4-7,12,15,19H,8-11H2,1-3H3,(H,21,22)/t15-,24+/m1/s1. The van der Waals surface area contributed by atoms with E-state index in [9.17, 15) is 9.00 Å². The van der Waals surface area contributed by atoms with Gasteiger partial charge in [0.1, 0.15) is 0 Å². The lowest BCUT2D eigenvalue weighted by molar-refractivity contribution is 0.119. The molecular weight excluding hydrogens is 392 g/mol. The number of hydrogen-bond acceptors (Lipinski definition) is 2. The topological polar surface area (TPSA) is 69.6 Å². The molecule has 1 amide bonds. The number of halogens is 1. The molecule has 7 heteroatoms. The quantitative estimate of drug-likeness (QED) is 0.780. The first-order valence-corrected chi connectivity index (χ1v) is 10.0. The molecule has 0 aromatic heterocycles. The third-order valence-electron chi connectivity index (χ3n) is 4.31. The van der Waals surface area contributed by atoms with Crippen LogP contribution >= 0.6 is 15.9 Å². The fraction of sp³-hybridized carbons (Fsp3) is 0.588. The molecule has 2 N–H and O–H groups in total. The Morgan fingerprint density at radius 3 is 2.42 bits per heavy atom. The summed E-state index contributed by atoms with van der Waals surface area (Å²) in [5, 5.41) is 9.13. The third kappa shape index (κ3) is 4.80. The molecule has 1 heterocycles. The number of benzene rings is 1. The van der Waals surface area contributed by atoms with Gasteiger partial charge in [-0.2, -0.15) is 0 Å². The van der Waals surface area contributed by atoms with E-state index >= 15 is 0 Å².